The van der Waals surface area contributed by atoms with Gasteiger partial charge in [-0.05, 0) is 67.1 Å². The maximum Gasteiger partial charge on any atom is 0.295 e. The predicted octanol–water partition coefficient (Wildman–Crippen LogP) is 9.37. The van der Waals surface area contributed by atoms with Crippen molar-refractivity contribution in [2.75, 3.05) is 5.32 Å². The van der Waals surface area contributed by atoms with Crippen molar-refractivity contribution < 1.29 is 25.9 Å². The van der Waals surface area contributed by atoms with Gasteiger partial charge in [-0.3, -0.25) is 9.11 Å². The summed E-state index contributed by atoms with van der Waals surface area (Å²) in [6.45, 7) is 1.57. The number of nitrogens with one attached hydrogen (secondary N) is 1. The van der Waals surface area contributed by atoms with E-state index >= 15 is 0 Å². The van der Waals surface area contributed by atoms with Crippen molar-refractivity contribution in [1.29, 1.82) is 0 Å². The minimum absolute atomic E-state index is 0.243. The monoisotopic (exact) mass is 651 g/mol. The number of anilines is 2. The van der Waals surface area contributed by atoms with Gasteiger partial charge in [-0.25, -0.2) is 0 Å². The third-order valence-corrected chi connectivity index (χ3v) is 9.07. The number of para-hydroxylation sites is 1. The minimum atomic E-state index is -4.57. The van der Waals surface area contributed by atoms with Gasteiger partial charge in [0.15, 0.2) is 0 Å². The van der Waals surface area contributed by atoms with Crippen molar-refractivity contribution in [3.05, 3.63) is 121 Å². The van der Waals surface area contributed by atoms with Crippen LogP contribution in [-0.2, 0) is 20.2 Å². The molecule has 0 spiro atoms. The number of hydrogen-bond donors (Lipinski definition) is 3. The summed E-state index contributed by atoms with van der Waals surface area (Å²) in [5.74, 6) is 0. The fourth-order valence-electron chi connectivity index (χ4n) is 5.03. The Bertz CT molecular complexity index is 2410. The average Bonchev–Trinajstić information content (AvgIpc) is 3.03. The molecule has 0 fully saturated rings. The topological polar surface area (TPSA) is 170 Å². The molecule has 0 aliphatic heterocycles. The molecule has 0 bridgehead atoms. The second-order valence-electron chi connectivity index (χ2n) is 10.3. The Morgan fingerprint density at radius 1 is 0.543 bits per heavy atom. The molecule has 6 aromatic carbocycles. The average molecular weight is 652 g/mol. The van der Waals surface area contributed by atoms with Crippen LogP contribution in [0.2, 0.25) is 0 Å². The fourth-order valence-corrected chi connectivity index (χ4v) is 6.50. The van der Waals surface area contributed by atoms with Crippen molar-refractivity contribution in [2.45, 2.75) is 16.7 Å². The molecule has 0 saturated heterocycles. The van der Waals surface area contributed by atoms with Gasteiger partial charge in [0.2, 0.25) is 0 Å². The molecule has 6 aromatic rings. The number of nitrogens with zero attached hydrogens (tertiary/aromatic N) is 4. The largest absolute Gasteiger partial charge is 0.355 e. The Morgan fingerprint density at radius 2 is 1.09 bits per heavy atom. The first-order chi connectivity index (χ1) is 22.0. The third-order valence-electron chi connectivity index (χ3n) is 7.18. The van der Waals surface area contributed by atoms with Crippen LogP contribution in [0, 0.1) is 6.92 Å². The van der Waals surface area contributed by atoms with E-state index in [1.807, 2.05) is 54.6 Å². The lowest BCUT2D eigenvalue weighted by Crippen LogP contribution is -2.01. The van der Waals surface area contributed by atoms with Crippen LogP contribution >= 0.6 is 0 Å². The summed E-state index contributed by atoms with van der Waals surface area (Å²) in [5.41, 5.74) is 3.19. The van der Waals surface area contributed by atoms with Gasteiger partial charge in [0.05, 0.1) is 27.6 Å². The summed E-state index contributed by atoms with van der Waals surface area (Å²) >= 11 is 0. The molecule has 3 N–H and O–H groups in total. The van der Waals surface area contributed by atoms with Crippen LogP contribution in [0.4, 0.5) is 34.1 Å². The van der Waals surface area contributed by atoms with Crippen molar-refractivity contribution in [1.82, 2.24) is 0 Å². The van der Waals surface area contributed by atoms with Gasteiger partial charge in [-0.2, -0.15) is 21.9 Å². The first-order valence-corrected chi connectivity index (χ1v) is 16.7. The summed E-state index contributed by atoms with van der Waals surface area (Å²) < 4.78 is 67.7. The third kappa shape index (κ3) is 6.39. The van der Waals surface area contributed by atoms with Crippen LogP contribution in [0.1, 0.15) is 5.56 Å². The molecule has 0 unspecified atom stereocenters. The lowest BCUT2D eigenvalue weighted by Gasteiger charge is -2.14. The van der Waals surface area contributed by atoms with Crippen LogP contribution in [-0.4, -0.2) is 25.9 Å². The Kier molecular flexibility index (Phi) is 8.15. The quantitative estimate of drug-likeness (QED) is 0.109. The molecule has 0 aliphatic carbocycles. The summed E-state index contributed by atoms with van der Waals surface area (Å²) in [4.78, 5) is -0.511. The second-order valence-corrected chi connectivity index (χ2v) is 13.0. The first kappa shape index (κ1) is 30.7. The summed E-state index contributed by atoms with van der Waals surface area (Å²) in [6.07, 6.45) is 0. The molecule has 0 saturated carbocycles. The molecule has 11 nitrogen and oxygen atoms in total. The molecule has 0 radical (unpaired) electrons. The molecule has 0 heterocycles. The van der Waals surface area contributed by atoms with E-state index in [1.165, 1.54) is 24.3 Å². The van der Waals surface area contributed by atoms with Crippen molar-refractivity contribution in [3.8, 4) is 0 Å². The van der Waals surface area contributed by atoms with Crippen LogP contribution in [0.15, 0.2) is 146 Å². The highest BCUT2D eigenvalue weighted by Crippen LogP contribution is 2.40. The maximum atomic E-state index is 12.4. The molecule has 230 valence electrons. The Balaban J connectivity index is 1.40. The van der Waals surface area contributed by atoms with Crippen LogP contribution in [0.5, 0.6) is 0 Å². The van der Waals surface area contributed by atoms with Gasteiger partial charge in [-0.15, -0.1) is 15.3 Å². The molecular formula is C33H25N5O6S2. The highest BCUT2D eigenvalue weighted by atomic mass is 32.2. The van der Waals surface area contributed by atoms with E-state index in [4.69, 9.17) is 0 Å². The second kappa shape index (κ2) is 12.2. The summed E-state index contributed by atoms with van der Waals surface area (Å²) in [5, 5.41) is 22.8. The predicted molar refractivity (Wildman–Crippen MR) is 177 cm³/mol. The Morgan fingerprint density at radius 3 is 1.72 bits per heavy atom. The van der Waals surface area contributed by atoms with Crippen LogP contribution in [0.3, 0.4) is 0 Å². The molecule has 0 aliphatic rings. The maximum absolute atomic E-state index is 12.4. The Hall–Kier alpha value is -5.34. The van der Waals surface area contributed by atoms with Gasteiger partial charge in [-0.1, -0.05) is 60.7 Å². The van der Waals surface area contributed by atoms with Gasteiger partial charge in [0.1, 0.15) is 4.90 Å². The van der Waals surface area contributed by atoms with Crippen LogP contribution in [0.25, 0.3) is 21.5 Å². The lowest BCUT2D eigenvalue weighted by molar-refractivity contribution is 0.481. The normalized spacial score (nSPS) is 12.4. The van der Waals surface area contributed by atoms with Gasteiger partial charge >= 0.3 is 0 Å². The molecule has 13 heteroatoms. The molecule has 6 rings (SSSR count). The number of rotatable bonds is 8. The number of benzene rings is 6. The highest BCUT2D eigenvalue weighted by Gasteiger charge is 2.19. The van der Waals surface area contributed by atoms with Gasteiger partial charge in [0, 0.05) is 32.9 Å². The summed E-state index contributed by atoms with van der Waals surface area (Å²) in [6, 6.07) is 32.3. The van der Waals surface area contributed by atoms with Crippen molar-refractivity contribution >= 4 is 75.9 Å². The highest BCUT2D eigenvalue weighted by molar-refractivity contribution is 7.86. The fraction of sp³-hybridized carbons (Fsp3) is 0.0303. The zero-order valence-corrected chi connectivity index (χ0v) is 25.7. The van der Waals surface area contributed by atoms with Crippen molar-refractivity contribution in [2.24, 2.45) is 20.5 Å². The molecule has 0 atom stereocenters. The van der Waals surface area contributed by atoms with Crippen molar-refractivity contribution in [3.63, 3.8) is 0 Å². The lowest BCUT2D eigenvalue weighted by atomic mass is 10.1. The smallest absolute Gasteiger partial charge is 0.295 e. The van der Waals surface area contributed by atoms with Gasteiger partial charge < -0.3 is 5.32 Å². The van der Waals surface area contributed by atoms with Gasteiger partial charge in [0.25, 0.3) is 20.2 Å². The number of azo groups is 2. The number of fused-ring (bicyclic) bond motifs is 2. The molecular weight excluding hydrogens is 627 g/mol. The van der Waals surface area contributed by atoms with E-state index in [9.17, 15) is 25.9 Å². The minimum Gasteiger partial charge on any atom is -0.355 e. The zero-order chi connectivity index (χ0) is 32.5. The van der Waals surface area contributed by atoms with E-state index < -0.39 is 20.2 Å². The number of aryl methyl sites for hydroxylation is 1. The SMILES string of the molecule is Cc1ccc(N=Nc2ccc(N=Nc3ccc(Nc4ccccc4)c4c(S(=O)(=O)O)cccc34)c3ccccc23)cc1S(=O)(=O)O. The molecule has 0 amide bonds. The zero-order valence-electron chi connectivity index (χ0n) is 24.1. The Labute approximate surface area is 264 Å². The van der Waals surface area contributed by atoms with E-state index in [0.717, 1.165) is 5.69 Å². The van der Waals surface area contributed by atoms with E-state index in [0.29, 0.717) is 44.5 Å². The van der Waals surface area contributed by atoms with Crippen LogP contribution < -0.4 is 5.32 Å². The summed E-state index contributed by atoms with van der Waals surface area (Å²) in [7, 11) is -8.99. The number of hydrogen-bond acceptors (Lipinski definition) is 9. The standard InChI is InChI=1S/C33H25N5O6S2/c1-21-14-15-23(20-32(21)46(42,43)44)35-36-27-16-17-28(25-11-6-5-10-24(25)27)37-38-29-18-19-30(34-22-8-3-2-4-9-22)33-26(29)12-7-13-31(33)45(39,40)41/h2-20,34H,1H3,(H,39,40,41)(H,42,43,44). The van der Waals surface area contributed by atoms with E-state index in [-0.39, 0.29) is 20.9 Å². The van der Waals surface area contributed by atoms with E-state index in [2.05, 4.69) is 25.8 Å². The van der Waals surface area contributed by atoms with E-state index in [1.54, 1.807) is 43.3 Å². The molecule has 46 heavy (non-hydrogen) atoms. The molecule has 0 aromatic heterocycles. The first-order valence-electron chi connectivity index (χ1n) is 13.8.